The molecule has 30 heavy (non-hydrogen) atoms. The Bertz CT molecular complexity index is 997. The summed E-state index contributed by atoms with van der Waals surface area (Å²) in [6.45, 7) is 9.26. The Morgan fingerprint density at radius 1 is 1.20 bits per heavy atom. The fourth-order valence-corrected chi connectivity index (χ4v) is 4.49. The van der Waals surface area contributed by atoms with Gasteiger partial charge in [-0.1, -0.05) is 29.0 Å². The summed E-state index contributed by atoms with van der Waals surface area (Å²) < 4.78 is 12.1. The number of hydrogen-bond donors (Lipinski definition) is 0. The summed E-state index contributed by atoms with van der Waals surface area (Å²) in [7, 11) is 0. The van der Waals surface area contributed by atoms with E-state index in [0.29, 0.717) is 18.7 Å². The van der Waals surface area contributed by atoms with Crippen LogP contribution in [0.2, 0.25) is 0 Å². The maximum Gasteiger partial charge on any atom is 0.260 e. The molecule has 6 nitrogen and oxygen atoms in total. The number of ether oxygens (including phenoxy) is 2. The number of carbonyl (C=O) groups excluding carboxylic acids is 1. The third-order valence-electron chi connectivity index (χ3n) is 5.18. The lowest BCUT2D eigenvalue weighted by atomic mass is 10.1. The van der Waals surface area contributed by atoms with E-state index in [1.807, 2.05) is 61.2 Å². The van der Waals surface area contributed by atoms with Gasteiger partial charge in [-0.15, -0.1) is 0 Å². The predicted molar refractivity (Wildman–Crippen MR) is 121 cm³/mol. The number of nitrogens with zero attached hydrogens (tertiary/aromatic N) is 3. The van der Waals surface area contributed by atoms with Gasteiger partial charge in [0.25, 0.3) is 5.91 Å². The Labute approximate surface area is 181 Å². The van der Waals surface area contributed by atoms with E-state index < -0.39 is 0 Å². The van der Waals surface area contributed by atoms with E-state index in [0.717, 1.165) is 59.5 Å². The molecular formula is C23H27N3O3S. The van der Waals surface area contributed by atoms with Gasteiger partial charge in [0.15, 0.2) is 5.13 Å². The average Bonchev–Trinajstić information content (AvgIpc) is 3.18. The molecule has 158 valence electrons. The van der Waals surface area contributed by atoms with Crippen molar-refractivity contribution in [1.82, 2.24) is 9.88 Å². The van der Waals surface area contributed by atoms with Crippen LogP contribution in [-0.2, 0) is 4.74 Å². The molecule has 7 heteroatoms. The average molecular weight is 426 g/mol. The molecule has 1 saturated heterocycles. The maximum atomic E-state index is 13.4. The van der Waals surface area contributed by atoms with E-state index in [-0.39, 0.29) is 5.91 Å². The number of amides is 1. The number of morpholine rings is 1. The van der Waals surface area contributed by atoms with Crippen LogP contribution in [0.4, 0.5) is 5.13 Å². The Kier molecular flexibility index (Phi) is 6.62. The molecule has 0 atom stereocenters. The van der Waals surface area contributed by atoms with Crippen molar-refractivity contribution in [3.8, 4) is 5.75 Å². The molecule has 1 amide bonds. The molecule has 0 N–H and O–H groups in total. The largest absolute Gasteiger partial charge is 0.494 e. The Balaban J connectivity index is 1.62. The first-order valence-corrected chi connectivity index (χ1v) is 11.2. The van der Waals surface area contributed by atoms with Gasteiger partial charge in [-0.3, -0.25) is 14.6 Å². The molecule has 1 aromatic heterocycles. The molecule has 1 aliphatic heterocycles. The first-order chi connectivity index (χ1) is 14.6. The van der Waals surface area contributed by atoms with Crippen molar-refractivity contribution in [2.24, 2.45) is 0 Å². The van der Waals surface area contributed by atoms with Crippen LogP contribution in [0.15, 0.2) is 42.5 Å². The van der Waals surface area contributed by atoms with Crippen molar-refractivity contribution in [3.05, 3.63) is 53.6 Å². The summed E-state index contributed by atoms with van der Waals surface area (Å²) in [5, 5.41) is 0.720. The molecule has 1 aliphatic rings. The lowest BCUT2D eigenvalue weighted by Gasteiger charge is -2.29. The molecule has 1 fully saturated rings. The second kappa shape index (κ2) is 9.55. The second-order valence-electron chi connectivity index (χ2n) is 7.34. The zero-order chi connectivity index (χ0) is 20.9. The second-order valence-corrected chi connectivity index (χ2v) is 8.34. The van der Waals surface area contributed by atoms with Gasteiger partial charge in [-0.2, -0.15) is 0 Å². The molecule has 0 spiro atoms. The van der Waals surface area contributed by atoms with Crippen LogP contribution in [0.5, 0.6) is 5.75 Å². The number of carbonyl (C=O) groups is 1. The molecule has 0 aliphatic carbocycles. The predicted octanol–water partition coefficient (Wildman–Crippen LogP) is 3.98. The smallest absolute Gasteiger partial charge is 0.260 e. The van der Waals surface area contributed by atoms with Crippen LogP contribution >= 0.6 is 11.3 Å². The molecule has 0 saturated carbocycles. The first kappa shape index (κ1) is 20.8. The quantitative estimate of drug-likeness (QED) is 0.573. The lowest BCUT2D eigenvalue weighted by Crippen LogP contribution is -2.43. The van der Waals surface area contributed by atoms with Gasteiger partial charge in [-0.25, -0.2) is 4.98 Å². The van der Waals surface area contributed by atoms with E-state index in [1.54, 1.807) is 0 Å². The number of aromatic nitrogens is 1. The summed E-state index contributed by atoms with van der Waals surface area (Å²) in [5.41, 5.74) is 2.69. The van der Waals surface area contributed by atoms with E-state index in [9.17, 15) is 4.79 Å². The van der Waals surface area contributed by atoms with Crippen molar-refractivity contribution in [3.63, 3.8) is 0 Å². The van der Waals surface area contributed by atoms with Gasteiger partial charge in [0.05, 0.1) is 30.0 Å². The molecule has 0 unspecified atom stereocenters. The Hall–Kier alpha value is -2.48. The third-order valence-corrected chi connectivity index (χ3v) is 6.22. The number of aryl methyl sites for hydroxylation is 1. The Morgan fingerprint density at radius 2 is 1.97 bits per heavy atom. The SMILES string of the molecule is CCOc1ccc2nc(N(CCN3CCOCC3)C(=O)c3ccc(C)cc3)sc2c1. The summed E-state index contributed by atoms with van der Waals surface area (Å²) in [4.78, 5) is 22.3. The van der Waals surface area contributed by atoms with Gasteiger partial charge >= 0.3 is 0 Å². The van der Waals surface area contributed by atoms with Crippen molar-refractivity contribution < 1.29 is 14.3 Å². The van der Waals surface area contributed by atoms with Crippen LogP contribution in [-0.4, -0.2) is 61.8 Å². The zero-order valence-corrected chi connectivity index (χ0v) is 18.3. The van der Waals surface area contributed by atoms with Gasteiger partial charge in [0.2, 0.25) is 0 Å². The zero-order valence-electron chi connectivity index (χ0n) is 17.5. The van der Waals surface area contributed by atoms with Gasteiger partial charge in [0, 0.05) is 31.7 Å². The highest BCUT2D eigenvalue weighted by Gasteiger charge is 2.23. The number of fused-ring (bicyclic) bond motifs is 1. The van der Waals surface area contributed by atoms with E-state index >= 15 is 0 Å². The first-order valence-electron chi connectivity index (χ1n) is 10.4. The molecular weight excluding hydrogens is 398 g/mol. The van der Waals surface area contributed by atoms with Gasteiger partial charge in [-0.05, 0) is 44.2 Å². The minimum absolute atomic E-state index is 0.0210. The summed E-state index contributed by atoms with van der Waals surface area (Å²) in [6, 6.07) is 13.6. The molecule has 4 rings (SSSR count). The van der Waals surface area contributed by atoms with E-state index in [1.165, 1.54) is 11.3 Å². The van der Waals surface area contributed by atoms with Crippen molar-refractivity contribution >= 4 is 32.6 Å². The third kappa shape index (κ3) is 4.80. The molecule has 2 aromatic carbocycles. The monoisotopic (exact) mass is 425 g/mol. The van der Waals surface area contributed by atoms with Crippen molar-refractivity contribution in [2.75, 3.05) is 50.9 Å². The standard InChI is InChI=1S/C23H27N3O3S/c1-3-29-19-8-9-20-21(16-19)30-23(24-20)26(11-10-25-12-14-28-15-13-25)22(27)18-6-4-17(2)5-7-18/h4-9,16H,3,10-15H2,1-2H3. The van der Waals surface area contributed by atoms with Crippen LogP contribution in [0.1, 0.15) is 22.8 Å². The summed E-state index contributed by atoms with van der Waals surface area (Å²) in [5.74, 6) is 0.803. The van der Waals surface area contributed by atoms with Gasteiger partial charge in [0.1, 0.15) is 5.75 Å². The van der Waals surface area contributed by atoms with Crippen molar-refractivity contribution in [1.29, 1.82) is 0 Å². The van der Waals surface area contributed by atoms with Crippen LogP contribution < -0.4 is 9.64 Å². The molecule has 3 aromatic rings. The highest BCUT2D eigenvalue weighted by atomic mass is 32.1. The molecule has 0 radical (unpaired) electrons. The number of rotatable bonds is 7. The molecule has 0 bridgehead atoms. The summed E-state index contributed by atoms with van der Waals surface area (Å²) in [6.07, 6.45) is 0. The Morgan fingerprint density at radius 3 is 2.70 bits per heavy atom. The number of hydrogen-bond acceptors (Lipinski definition) is 6. The maximum absolute atomic E-state index is 13.4. The fraction of sp³-hybridized carbons (Fsp3) is 0.391. The lowest BCUT2D eigenvalue weighted by molar-refractivity contribution is 0.0391. The normalized spacial score (nSPS) is 14.7. The van der Waals surface area contributed by atoms with Crippen molar-refractivity contribution in [2.45, 2.75) is 13.8 Å². The fourth-order valence-electron chi connectivity index (χ4n) is 3.47. The van der Waals surface area contributed by atoms with Gasteiger partial charge < -0.3 is 9.47 Å². The number of thiazole rings is 1. The minimum Gasteiger partial charge on any atom is -0.494 e. The summed E-state index contributed by atoms with van der Waals surface area (Å²) >= 11 is 1.53. The highest BCUT2D eigenvalue weighted by Crippen LogP contribution is 2.32. The highest BCUT2D eigenvalue weighted by molar-refractivity contribution is 7.22. The van der Waals surface area contributed by atoms with Crippen LogP contribution in [0.3, 0.4) is 0 Å². The minimum atomic E-state index is -0.0210. The van der Waals surface area contributed by atoms with E-state index in [2.05, 4.69) is 4.90 Å². The molecule has 2 heterocycles. The number of anilines is 1. The van der Waals surface area contributed by atoms with Crippen LogP contribution in [0.25, 0.3) is 10.2 Å². The topological polar surface area (TPSA) is 54.9 Å². The number of benzene rings is 2. The van der Waals surface area contributed by atoms with Crippen LogP contribution in [0, 0.1) is 6.92 Å². The van der Waals surface area contributed by atoms with E-state index in [4.69, 9.17) is 14.5 Å².